The molecule has 1 aromatic rings. The molecular weight excluding hydrogens is 264 g/mol. The predicted molar refractivity (Wildman–Crippen MR) is 88.6 cm³/mol. The maximum atomic E-state index is 5.81. The molecule has 0 saturated heterocycles. The summed E-state index contributed by atoms with van der Waals surface area (Å²) in [6, 6.07) is 8.15. The van der Waals surface area contributed by atoms with E-state index in [1.807, 2.05) is 26.0 Å². The Bertz CT molecular complexity index is 362. The zero-order valence-corrected chi connectivity index (χ0v) is 13.5. The Kier molecular flexibility index (Phi) is 9.87. The molecule has 0 aromatic heterocycles. The first-order valence-electron chi connectivity index (χ1n) is 7.98. The van der Waals surface area contributed by atoms with E-state index >= 15 is 0 Å². The molecule has 21 heavy (non-hydrogen) atoms. The van der Waals surface area contributed by atoms with Gasteiger partial charge in [-0.05, 0) is 50.9 Å². The number of hydrogen-bond acceptors (Lipinski definition) is 4. The van der Waals surface area contributed by atoms with E-state index in [0.717, 1.165) is 64.6 Å². The van der Waals surface area contributed by atoms with Gasteiger partial charge in [0.15, 0.2) is 0 Å². The molecule has 2 N–H and O–H groups in total. The standard InChI is InChI=1S/C17H30N2O2/c1-3-20-13-11-19(12-14-21-4-2)10-6-8-16-7-5-9-17(18)15-16/h5,7,9,15H,3-4,6,8,10-14,18H2,1-2H3. The van der Waals surface area contributed by atoms with Crippen molar-refractivity contribution >= 4 is 5.69 Å². The second-order valence-electron chi connectivity index (χ2n) is 5.08. The maximum absolute atomic E-state index is 5.81. The van der Waals surface area contributed by atoms with Crippen LogP contribution in [-0.4, -0.2) is 51.0 Å². The molecule has 1 aromatic carbocycles. The molecule has 120 valence electrons. The number of nitrogens with two attached hydrogens (primary N) is 1. The predicted octanol–water partition coefficient (Wildman–Crippen LogP) is 2.58. The van der Waals surface area contributed by atoms with Crippen LogP contribution in [0.3, 0.4) is 0 Å². The molecule has 1 rings (SSSR count). The Hall–Kier alpha value is -1.10. The van der Waals surface area contributed by atoms with Crippen molar-refractivity contribution < 1.29 is 9.47 Å². The molecular formula is C17H30N2O2. The summed E-state index contributed by atoms with van der Waals surface area (Å²) in [4.78, 5) is 2.41. The molecule has 0 fully saturated rings. The number of benzene rings is 1. The summed E-state index contributed by atoms with van der Waals surface area (Å²) in [5.74, 6) is 0. The van der Waals surface area contributed by atoms with E-state index in [4.69, 9.17) is 15.2 Å². The molecule has 0 aliphatic carbocycles. The van der Waals surface area contributed by atoms with Crippen LogP contribution in [0.25, 0.3) is 0 Å². The fourth-order valence-corrected chi connectivity index (χ4v) is 2.27. The summed E-state index contributed by atoms with van der Waals surface area (Å²) >= 11 is 0. The van der Waals surface area contributed by atoms with Crippen LogP contribution in [0, 0.1) is 0 Å². The Morgan fingerprint density at radius 3 is 2.24 bits per heavy atom. The van der Waals surface area contributed by atoms with Gasteiger partial charge in [-0.25, -0.2) is 0 Å². The number of rotatable bonds is 12. The summed E-state index contributed by atoms with van der Waals surface area (Å²) < 4.78 is 10.9. The quantitative estimate of drug-likeness (QED) is 0.475. The average molecular weight is 294 g/mol. The number of nitrogens with zero attached hydrogens (tertiary/aromatic N) is 1. The van der Waals surface area contributed by atoms with Crippen molar-refractivity contribution in [2.75, 3.05) is 51.8 Å². The van der Waals surface area contributed by atoms with E-state index in [9.17, 15) is 0 Å². The average Bonchev–Trinajstić information content (AvgIpc) is 2.47. The smallest absolute Gasteiger partial charge is 0.0593 e. The van der Waals surface area contributed by atoms with Crippen LogP contribution in [0.1, 0.15) is 25.8 Å². The zero-order chi connectivity index (χ0) is 15.3. The number of aryl methyl sites for hydroxylation is 1. The lowest BCUT2D eigenvalue weighted by atomic mass is 10.1. The number of ether oxygens (including phenoxy) is 2. The first-order valence-corrected chi connectivity index (χ1v) is 7.98. The highest BCUT2D eigenvalue weighted by molar-refractivity contribution is 5.40. The van der Waals surface area contributed by atoms with Crippen LogP contribution in [0.4, 0.5) is 5.69 Å². The third-order valence-electron chi connectivity index (χ3n) is 3.40. The Balaban J connectivity index is 2.29. The highest BCUT2D eigenvalue weighted by Gasteiger charge is 2.05. The van der Waals surface area contributed by atoms with Gasteiger partial charge < -0.3 is 15.2 Å². The summed E-state index contributed by atoms with van der Waals surface area (Å²) in [5.41, 5.74) is 7.96. The first kappa shape index (κ1) is 18.0. The highest BCUT2D eigenvalue weighted by atomic mass is 16.5. The van der Waals surface area contributed by atoms with Gasteiger partial charge in [0.25, 0.3) is 0 Å². The van der Waals surface area contributed by atoms with Crippen LogP contribution >= 0.6 is 0 Å². The lowest BCUT2D eigenvalue weighted by Crippen LogP contribution is -2.32. The summed E-state index contributed by atoms with van der Waals surface area (Å²) in [6.07, 6.45) is 2.19. The van der Waals surface area contributed by atoms with Crippen molar-refractivity contribution in [1.82, 2.24) is 4.90 Å². The fourth-order valence-electron chi connectivity index (χ4n) is 2.27. The van der Waals surface area contributed by atoms with Crippen LogP contribution < -0.4 is 5.73 Å². The third kappa shape index (κ3) is 8.71. The van der Waals surface area contributed by atoms with Crippen molar-refractivity contribution in [2.24, 2.45) is 0 Å². The molecule has 0 heterocycles. The minimum absolute atomic E-state index is 0.780. The van der Waals surface area contributed by atoms with Crippen LogP contribution in [0.5, 0.6) is 0 Å². The van der Waals surface area contributed by atoms with Crippen molar-refractivity contribution in [1.29, 1.82) is 0 Å². The van der Waals surface area contributed by atoms with Crippen molar-refractivity contribution in [3.8, 4) is 0 Å². The van der Waals surface area contributed by atoms with Gasteiger partial charge >= 0.3 is 0 Å². The van der Waals surface area contributed by atoms with E-state index in [2.05, 4.69) is 17.0 Å². The number of hydrogen-bond donors (Lipinski definition) is 1. The van der Waals surface area contributed by atoms with Crippen molar-refractivity contribution in [2.45, 2.75) is 26.7 Å². The van der Waals surface area contributed by atoms with E-state index in [1.165, 1.54) is 5.56 Å². The first-order chi connectivity index (χ1) is 10.3. The van der Waals surface area contributed by atoms with Gasteiger partial charge in [-0.2, -0.15) is 0 Å². The molecule has 0 spiro atoms. The molecule has 0 aliphatic rings. The Morgan fingerprint density at radius 2 is 1.67 bits per heavy atom. The van der Waals surface area contributed by atoms with Gasteiger partial charge in [-0.3, -0.25) is 4.90 Å². The normalized spacial score (nSPS) is 11.2. The summed E-state index contributed by atoms with van der Waals surface area (Å²) in [7, 11) is 0. The number of nitrogen functional groups attached to an aromatic ring is 1. The van der Waals surface area contributed by atoms with Gasteiger partial charge in [0.05, 0.1) is 13.2 Å². The maximum Gasteiger partial charge on any atom is 0.0593 e. The minimum Gasteiger partial charge on any atom is -0.399 e. The molecule has 0 unspecified atom stereocenters. The topological polar surface area (TPSA) is 47.7 Å². The van der Waals surface area contributed by atoms with Crippen molar-refractivity contribution in [3.05, 3.63) is 29.8 Å². The monoisotopic (exact) mass is 294 g/mol. The summed E-state index contributed by atoms with van der Waals surface area (Å²) in [6.45, 7) is 10.2. The van der Waals surface area contributed by atoms with Crippen LogP contribution in [-0.2, 0) is 15.9 Å². The second kappa shape index (κ2) is 11.5. The Morgan fingerprint density at radius 1 is 1.00 bits per heavy atom. The van der Waals surface area contributed by atoms with Gasteiger partial charge in [-0.1, -0.05) is 12.1 Å². The molecule has 0 radical (unpaired) electrons. The van der Waals surface area contributed by atoms with Gasteiger partial charge in [0, 0.05) is 32.0 Å². The highest BCUT2D eigenvalue weighted by Crippen LogP contribution is 2.09. The van der Waals surface area contributed by atoms with Crippen LogP contribution in [0.2, 0.25) is 0 Å². The van der Waals surface area contributed by atoms with E-state index < -0.39 is 0 Å². The molecule has 0 aliphatic heterocycles. The van der Waals surface area contributed by atoms with Crippen molar-refractivity contribution in [3.63, 3.8) is 0 Å². The molecule has 0 atom stereocenters. The Labute approximate surface area is 129 Å². The lowest BCUT2D eigenvalue weighted by molar-refractivity contribution is 0.0824. The molecule has 0 bridgehead atoms. The zero-order valence-electron chi connectivity index (χ0n) is 13.5. The lowest BCUT2D eigenvalue weighted by Gasteiger charge is -2.22. The molecule has 0 amide bonds. The fraction of sp³-hybridized carbons (Fsp3) is 0.647. The van der Waals surface area contributed by atoms with Gasteiger partial charge in [0.2, 0.25) is 0 Å². The third-order valence-corrected chi connectivity index (χ3v) is 3.40. The van der Waals surface area contributed by atoms with Crippen LogP contribution in [0.15, 0.2) is 24.3 Å². The van der Waals surface area contributed by atoms with Gasteiger partial charge in [-0.15, -0.1) is 0 Å². The van der Waals surface area contributed by atoms with E-state index in [0.29, 0.717) is 0 Å². The molecule has 0 saturated carbocycles. The minimum atomic E-state index is 0.780. The second-order valence-corrected chi connectivity index (χ2v) is 5.08. The molecule has 4 heteroatoms. The summed E-state index contributed by atoms with van der Waals surface area (Å²) in [5, 5.41) is 0. The van der Waals surface area contributed by atoms with E-state index in [-0.39, 0.29) is 0 Å². The SMILES string of the molecule is CCOCCN(CCCc1cccc(N)c1)CCOCC. The van der Waals surface area contributed by atoms with Gasteiger partial charge in [0.1, 0.15) is 0 Å². The largest absolute Gasteiger partial charge is 0.399 e. The van der Waals surface area contributed by atoms with E-state index in [1.54, 1.807) is 0 Å². The number of anilines is 1. The molecule has 4 nitrogen and oxygen atoms in total.